The molecule has 2 aromatic rings. The van der Waals surface area contributed by atoms with Gasteiger partial charge in [0.1, 0.15) is 0 Å². The minimum absolute atomic E-state index is 0.126. The summed E-state index contributed by atoms with van der Waals surface area (Å²) in [6, 6.07) is 8.09. The third kappa shape index (κ3) is 1.96. The van der Waals surface area contributed by atoms with Crippen LogP contribution in [0.1, 0.15) is 0 Å². The van der Waals surface area contributed by atoms with Crippen molar-refractivity contribution < 1.29 is 9.84 Å². The Morgan fingerprint density at radius 1 is 1.38 bits per heavy atom. The molecule has 1 aliphatic rings. The minimum Gasteiger partial charge on any atom is -0.389 e. The van der Waals surface area contributed by atoms with Crippen LogP contribution in [0.4, 0.5) is 0 Å². The minimum atomic E-state index is -0.364. The topological polar surface area (TPSA) is 42.4 Å². The Kier molecular flexibility index (Phi) is 2.85. The lowest BCUT2D eigenvalue weighted by atomic mass is 10.3. The fourth-order valence-electron chi connectivity index (χ4n) is 1.67. The molecule has 0 amide bonds. The van der Waals surface area contributed by atoms with E-state index in [9.17, 15) is 5.11 Å². The van der Waals surface area contributed by atoms with Crippen LogP contribution in [0.25, 0.3) is 10.2 Å². The molecule has 1 aliphatic heterocycles. The lowest BCUT2D eigenvalue weighted by Crippen LogP contribution is -2.19. The number of fused-ring (bicyclic) bond motifs is 1. The van der Waals surface area contributed by atoms with Crippen LogP contribution < -0.4 is 0 Å². The quantitative estimate of drug-likeness (QED) is 0.890. The first kappa shape index (κ1) is 10.5. The molecule has 0 bridgehead atoms. The van der Waals surface area contributed by atoms with Crippen molar-refractivity contribution in [3.8, 4) is 0 Å². The first-order chi connectivity index (χ1) is 7.83. The van der Waals surface area contributed by atoms with Gasteiger partial charge in [0.15, 0.2) is 4.34 Å². The molecule has 1 aromatic heterocycles. The lowest BCUT2D eigenvalue weighted by Gasteiger charge is -2.08. The molecule has 84 valence electrons. The number of thioether (sulfide) groups is 1. The molecular formula is C11H11NO2S2. The molecular weight excluding hydrogens is 242 g/mol. The molecule has 2 heterocycles. The van der Waals surface area contributed by atoms with Crippen LogP contribution in [0.3, 0.4) is 0 Å². The number of aromatic nitrogens is 1. The highest BCUT2D eigenvalue weighted by molar-refractivity contribution is 8.01. The van der Waals surface area contributed by atoms with Crippen LogP contribution in [0.15, 0.2) is 28.6 Å². The van der Waals surface area contributed by atoms with E-state index < -0.39 is 0 Å². The van der Waals surface area contributed by atoms with Gasteiger partial charge in [0.05, 0.1) is 34.8 Å². The molecule has 3 nitrogen and oxygen atoms in total. The van der Waals surface area contributed by atoms with Gasteiger partial charge in [0, 0.05) is 0 Å². The van der Waals surface area contributed by atoms with Gasteiger partial charge < -0.3 is 9.84 Å². The van der Waals surface area contributed by atoms with Crippen molar-refractivity contribution >= 4 is 33.3 Å². The second-order valence-corrected chi connectivity index (χ2v) is 6.23. The van der Waals surface area contributed by atoms with Crippen molar-refractivity contribution in [2.24, 2.45) is 0 Å². The number of aliphatic hydroxyl groups is 1. The van der Waals surface area contributed by atoms with Crippen molar-refractivity contribution in [1.29, 1.82) is 0 Å². The fourth-order valence-corrected chi connectivity index (χ4v) is 4.01. The van der Waals surface area contributed by atoms with Crippen molar-refractivity contribution in [2.45, 2.75) is 15.7 Å². The van der Waals surface area contributed by atoms with Crippen molar-refractivity contribution in [2.75, 3.05) is 13.2 Å². The van der Waals surface area contributed by atoms with Gasteiger partial charge in [-0.05, 0) is 12.1 Å². The number of hydrogen-bond donors (Lipinski definition) is 1. The first-order valence-corrected chi connectivity index (χ1v) is 6.80. The van der Waals surface area contributed by atoms with E-state index in [1.165, 1.54) is 4.70 Å². The van der Waals surface area contributed by atoms with Crippen molar-refractivity contribution in [3.05, 3.63) is 24.3 Å². The fraction of sp³-hybridized carbons (Fsp3) is 0.364. The third-order valence-electron chi connectivity index (χ3n) is 2.53. The Labute approximate surface area is 101 Å². The number of nitrogens with zero attached hydrogens (tertiary/aromatic N) is 1. The second kappa shape index (κ2) is 4.33. The lowest BCUT2D eigenvalue weighted by molar-refractivity contribution is 0.127. The summed E-state index contributed by atoms with van der Waals surface area (Å²) in [6.07, 6.45) is -0.364. The van der Waals surface area contributed by atoms with E-state index in [0.29, 0.717) is 13.2 Å². The van der Waals surface area contributed by atoms with Crippen LogP contribution in [-0.2, 0) is 4.74 Å². The van der Waals surface area contributed by atoms with E-state index in [4.69, 9.17) is 4.74 Å². The van der Waals surface area contributed by atoms with Crippen LogP contribution >= 0.6 is 23.1 Å². The highest BCUT2D eigenvalue weighted by Crippen LogP contribution is 2.34. The number of thiazole rings is 1. The van der Waals surface area contributed by atoms with Gasteiger partial charge in [0.2, 0.25) is 0 Å². The molecule has 0 saturated carbocycles. The average molecular weight is 253 g/mol. The van der Waals surface area contributed by atoms with Gasteiger partial charge in [-0.2, -0.15) is 0 Å². The number of para-hydroxylation sites is 1. The van der Waals surface area contributed by atoms with Crippen LogP contribution in [0, 0.1) is 0 Å². The predicted molar refractivity (Wildman–Crippen MR) is 66.1 cm³/mol. The Hall–Kier alpha value is -0.620. The number of hydrogen-bond acceptors (Lipinski definition) is 5. The monoisotopic (exact) mass is 253 g/mol. The summed E-state index contributed by atoms with van der Waals surface area (Å²) in [5, 5.41) is 9.78. The molecule has 0 radical (unpaired) electrons. The molecule has 0 spiro atoms. The van der Waals surface area contributed by atoms with Crippen LogP contribution in [0.2, 0.25) is 0 Å². The zero-order valence-corrected chi connectivity index (χ0v) is 10.1. The van der Waals surface area contributed by atoms with Gasteiger partial charge in [-0.15, -0.1) is 11.3 Å². The predicted octanol–water partition coefficient (Wildman–Crippen LogP) is 2.15. The number of rotatable bonds is 2. The smallest absolute Gasteiger partial charge is 0.151 e. The summed E-state index contributed by atoms with van der Waals surface area (Å²) in [6.45, 7) is 1.06. The van der Waals surface area contributed by atoms with E-state index >= 15 is 0 Å². The Balaban J connectivity index is 1.83. The molecule has 1 fully saturated rings. The SMILES string of the molecule is O[C@@H]1COC[C@H]1Sc1nc2ccccc2s1. The summed E-state index contributed by atoms with van der Waals surface area (Å²) < 4.78 is 7.42. The highest BCUT2D eigenvalue weighted by Gasteiger charge is 2.28. The summed E-state index contributed by atoms with van der Waals surface area (Å²) in [7, 11) is 0. The summed E-state index contributed by atoms with van der Waals surface area (Å²) in [4.78, 5) is 4.53. The molecule has 0 unspecified atom stereocenters. The van der Waals surface area contributed by atoms with E-state index in [0.717, 1.165) is 9.86 Å². The van der Waals surface area contributed by atoms with E-state index in [-0.39, 0.29) is 11.4 Å². The normalized spacial score (nSPS) is 25.3. The number of aliphatic hydroxyl groups excluding tert-OH is 1. The molecule has 0 aliphatic carbocycles. The van der Waals surface area contributed by atoms with Crippen molar-refractivity contribution in [1.82, 2.24) is 4.98 Å². The van der Waals surface area contributed by atoms with Crippen LogP contribution in [-0.4, -0.2) is 34.7 Å². The third-order valence-corrected chi connectivity index (χ3v) is 4.94. The van der Waals surface area contributed by atoms with E-state index in [1.807, 2.05) is 18.2 Å². The first-order valence-electron chi connectivity index (χ1n) is 5.11. The zero-order valence-electron chi connectivity index (χ0n) is 8.50. The molecule has 5 heteroatoms. The molecule has 2 atom stereocenters. The Morgan fingerprint density at radius 2 is 2.25 bits per heavy atom. The molecule has 1 N–H and O–H groups in total. The molecule has 1 saturated heterocycles. The maximum absolute atomic E-state index is 9.66. The Morgan fingerprint density at radius 3 is 3.00 bits per heavy atom. The standard InChI is InChI=1S/C11H11NO2S2/c13-8-5-14-6-10(8)16-11-12-7-3-1-2-4-9(7)15-11/h1-4,8,10,13H,5-6H2/t8-,10-/m1/s1. The molecule has 16 heavy (non-hydrogen) atoms. The number of ether oxygens (including phenoxy) is 1. The second-order valence-electron chi connectivity index (χ2n) is 3.71. The molecule has 1 aromatic carbocycles. The maximum Gasteiger partial charge on any atom is 0.151 e. The summed E-state index contributed by atoms with van der Waals surface area (Å²) >= 11 is 3.29. The Bertz CT molecular complexity index is 466. The van der Waals surface area contributed by atoms with Gasteiger partial charge in [0.25, 0.3) is 0 Å². The highest BCUT2D eigenvalue weighted by atomic mass is 32.2. The number of benzene rings is 1. The molecule has 3 rings (SSSR count). The van der Waals surface area contributed by atoms with Gasteiger partial charge in [-0.25, -0.2) is 4.98 Å². The van der Waals surface area contributed by atoms with Gasteiger partial charge in [-0.3, -0.25) is 0 Å². The maximum atomic E-state index is 9.66. The van der Waals surface area contributed by atoms with E-state index in [2.05, 4.69) is 11.1 Å². The summed E-state index contributed by atoms with van der Waals surface area (Å²) in [5.41, 5.74) is 1.03. The average Bonchev–Trinajstić information content (AvgIpc) is 2.85. The zero-order chi connectivity index (χ0) is 11.0. The van der Waals surface area contributed by atoms with Gasteiger partial charge >= 0.3 is 0 Å². The summed E-state index contributed by atoms with van der Waals surface area (Å²) in [5.74, 6) is 0. The van der Waals surface area contributed by atoms with Crippen LogP contribution in [0.5, 0.6) is 0 Å². The largest absolute Gasteiger partial charge is 0.389 e. The van der Waals surface area contributed by atoms with E-state index in [1.54, 1.807) is 23.1 Å². The van der Waals surface area contributed by atoms with Gasteiger partial charge in [-0.1, -0.05) is 23.9 Å². The van der Waals surface area contributed by atoms with Crippen molar-refractivity contribution in [3.63, 3.8) is 0 Å².